The first kappa shape index (κ1) is 18.2. The molecule has 0 unspecified atom stereocenters. The molecule has 4 rings (SSSR count). The first-order valence-corrected chi connectivity index (χ1v) is 9.11. The number of nitrogens with one attached hydrogen (secondary N) is 1. The van der Waals surface area contributed by atoms with Gasteiger partial charge in [0.2, 0.25) is 5.91 Å². The second-order valence-corrected chi connectivity index (χ2v) is 6.97. The number of nitrogens with zero attached hydrogens (tertiary/aromatic N) is 1. The maximum absolute atomic E-state index is 14.1. The molecule has 140 valence electrons. The number of fused-ring (bicyclic) bond motifs is 1. The van der Waals surface area contributed by atoms with Gasteiger partial charge in [0.25, 0.3) is 5.91 Å². The van der Waals surface area contributed by atoms with Crippen LogP contribution in [0.1, 0.15) is 27.5 Å². The van der Waals surface area contributed by atoms with E-state index in [-0.39, 0.29) is 18.4 Å². The summed E-state index contributed by atoms with van der Waals surface area (Å²) in [6, 6.07) is 19.3. The smallest absolute Gasteiger partial charge is 0.255 e. The molecule has 0 radical (unpaired) electrons. The lowest BCUT2D eigenvalue weighted by Crippen LogP contribution is -2.39. The SMILES string of the molecule is O=C1CN(C(=O)c2ccc(Cl)cc2)[C@@H](c2ccccc2)c2cc(F)ccc2N1. The van der Waals surface area contributed by atoms with E-state index in [1.54, 1.807) is 24.3 Å². The molecule has 3 aromatic rings. The van der Waals surface area contributed by atoms with Gasteiger partial charge in [-0.3, -0.25) is 9.59 Å². The van der Waals surface area contributed by atoms with Crippen LogP contribution in [0.4, 0.5) is 10.1 Å². The van der Waals surface area contributed by atoms with Crippen LogP contribution in [-0.4, -0.2) is 23.3 Å². The summed E-state index contributed by atoms with van der Waals surface area (Å²) in [6.07, 6.45) is 0. The summed E-state index contributed by atoms with van der Waals surface area (Å²) in [5, 5.41) is 3.29. The summed E-state index contributed by atoms with van der Waals surface area (Å²) in [5.74, 6) is -1.11. The summed E-state index contributed by atoms with van der Waals surface area (Å²) in [4.78, 5) is 27.2. The van der Waals surface area contributed by atoms with Crippen LogP contribution in [-0.2, 0) is 4.79 Å². The molecular weight excluding hydrogens is 379 g/mol. The molecule has 28 heavy (non-hydrogen) atoms. The zero-order chi connectivity index (χ0) is 19.7. The van der Waals surface area contributed by atoms with Crippen molar-refractivity contribution in [1.29, 1.82) is 0 Å². The molecule has 3 aromatic carbocycles. The van der Waals surface area contributed by atoms with E-state index in [1.807, 2.05) is 30.3 Å². The molecule has 0 saturated heterocycles. The maximum Gasteiger partial charge on any atom is 0.255 e. The molecule has 1 aliphatic rings. The predicted molar refractivity (Wildman–Crippen MR) is 106 cm³/mol. The molecule has 0 fully saturated rings. The molecule has 0 saturated carbocycles. The number of anilines is 1. The maximum atomic E-state index is 14.1. The normalized spacial score (nSPS) is 16.1. The summed E-state index contributed by atoms with van der Waals surface area (Å²) < 4.78 is 14.1. The number of hydrogen-bond donors (Lipinski definition) is 1. The highest BCUT2D eigenvalue weighted by atomic mass is 35.5. The average molecular weight is 395 g/mol. The molecule has 4 nitrogen and oxygen atoms in total. The van der Waals surface area contributed by atoms with Crippen molar-refractivity contribution >= 4 is 29.1 Å². The van der Waals surface area contributed by atoms with Crippen LogP contribution < -0.4 is 5.32 Å². The highest BCUT2D eigenvalue weighted by Crippen LogP contribution is 2.37. The van der Waals surface area contributed by atoms with Crippen molar-refractivity contribution in [3.05, 3.63) is 100 Å². The van der Waals surface area contributed by atoms with Gasteiger partial charge < -0.3 is 10.2 Å². The quantitative estimate of drug-likeness (QED) is 0.687. The highest BCUT2D eigenvalue weighted by Gasteiger charge is 2.34. The Balaban J connectivity index is 1.88. The van der Waals surface area contributed by atoms with E-state index in [1.165, 1.54) is 23.1 Å². The standard InChI is InChI=1S/C22H16ClFN2O2/c23-16-8-6-15(7-9-16)22(28)26-13-20(27)25-19-11-10-17(24)12-18(19)21(26)14-4-2-1-3-5-14/h1-12,21H,13H2,(H,25,27)/t21-/m0/s1. The topological polar surface area (TPSA) is 49.4 Å². The lowest BCUT2D eigenvalue weighted by Gasteiger charge is -2.30. The highest BCUT2D eigenvalue weighted by molar-refractivity contribution is 6.30. The van der Waals surface area contributed by atoms with E-state index in [4.69, 9.17) is 11.6 Å². The van der Waals surface area contributed by atoms with Crippen LogP contribution in [0.3, 0.4) is 0 Å². The number of rotatable bonds is 2. The summed E-state index contributed by atoms with van der Waals surface area (Å²) >= 11 is 5.93. The number of carbonyl (C=O) groups is 2. The fraction of sp³-hybridized carbons (Fsp3) is 0.0909. The molecule has 1 atom stereocenters. The summed E-state index contributed by atoms with van der Waals surface area (Å²) in [5.41, 5.74) is 2.21. The van der Waals surface area contributed by atoms with Gasteiger partial charge in [0.05, 0.1) is 6.04 Å². The molecule has 0 aliphatic carbocycles. The third-order valence-corrected chi connectivity index (χ3v) is 4.93. The molecule has 2 amide bonds. The number of carbonyl (C=O) groups excluding carboxylic acids is 2. The molecule has 1 aliphatic heterocycles. The molecular formula is C22H16ClFN2O2. The van der Waals surface area contributed by atoms with Crippen molar-refractivity contribution in [2.75, 3.05) is 11.9 Å². The third kappa shape index (κ3) is 3.49. The van der Waals surface area contributed by atoms with Crippen molar-refractivity contribution in [1.82, 2.24) is 4.90 Å². The Labute approximate surface area is 166 Å². The Morgan fingerprint density at radius 2 is 1.75 bits per heavy atom. The Bertz CT molecular complexity index is 1040. The molecule has 1 heterocycles. The number of amides is 2. The van der Waals surface area contributed by atoms with Gasteiger partial charge in [0, 0.05) is 21.8 Å². The van der Waals surface area contributed by atoms with Gasteiger partial charge in [-0.15, -0.1) is 0 Å². The first-order valence-electron chi connectivity index (χ1n) is 8.74. The van der Waals surface area contributed by atoms with E-state index >= 15 is 0 Å². The fourth-order valence-electron chi connectivity index (χ4n) is 3.42. The zero-order valence-corrected chi connectivity index (χ0v) is 15.5. The monoisotopic (exact) mass is 394 g/mol. The van der Waals surface area contributed by atoms with E-state index in [9.17, 15) is 14.0 Å². The van der Waals surface area contributed by atoms with Crippen molar-refractivity contribution in [2.45, 2.75) is 6.04 Å². The number of hydrogen-bond acceptors (Lipinski definition) is 2. The van der Waals surface area contributed by atoms with Gasteiger partial charge in [0.1, 0.15) is 12.4 Å². The van der Waals surface area contributed by atoms with E-state index in [0.717, 1.165) is 5.56 Å². The first-order chi connectivity index (χ1) is 13.5. The van der Waals surface area contributed by atoms with E-state index in [0.29, 0.717) is 21.8 Å². The van der Waals surface area contributed by atoms with E-state index in [2.05, 4.69) is 5.32 Å². The van der Waals surface area contributed by atoms with Crippen LogP contribution in [0.2, 0.25) is 5.02 Å². The van der Waals surface area contributed by atoms with Crippen molar-refractivity contribution in [2.24, 2.45) is 0 Å². The Hall–Kier alpha value is -3.18. The lowest BCUT2D eigenvalue weighted by molar-refractivity contribution is -0.117. The van der Waals surface area contributed by atoms with Crippen LogP contribution in [0.15, 0.2) is 72.8 Å². The number of halogens is 2. The minimum absolute atomic E-state index is 0.155. The Morgan fingerprint density at radius 1 is 1.04 bits per heavy atom. The third-order valence-electron chi connectivity index (χ3n) is 4.68. The van der Waals surface area contributed by atoms with Crippen LogP contribution in [0.5, 0.6) is 0 Å². The second kappa shape index (κ2) is 7.44. The zero-order valence-electron chi connectivity index (χ0n) is 14.7. The van der Waals surface area contributed by atoms with Crippen molar-refractivity contribution in [3.63, 3.8) is 0 Å². The van der Waals surface area contributed by atoms with Gasteiger partial charge >= 0.3 is 0 Å². The lowest BCUT2D eigenvalue weighted by atomic mass is 9.95. The largest absolute Gasteiger partial charge is 0.324 e. The van der Waals surface area contributed by atoms with Crippen LogP contribution in [0, 0.1) is 5.82 Å². The fourth-order valence-corrected chi connectivity index (χ4v) is 3.55. The van der Waals surface area contributed by atoms with Crippen molar-refractivity contribution in [3.8, 4) is 0 Å². The molecule has 6 heteroatoms. The van der Waals surface area contributed by atoms with Crippen LogP contribution >= 0.6 is 11.6 Å². The van der Waals surface area contributed by atoms with Gasteiger partial charge in [-0.1, -0.05) is 41.9 Å². The molecule has 0 bridgehead atoms. The number of benzene rings is 3. The average Bonchev–Trinajstić information content (AvgIpc) is 2.84. The van der Waals surface area contributed by atoms with Gasteiger partial charge in [-0.2, -0.15) is 0 Å². The molecule has 1 N–H and O–H groups in total. The van der Waals surface area contributed by atoms with Crippen molar-refractivity contribution < 1.29 is 14.0 Å². The summed E-state index contributed by atoms with van der Waals surface area (Å²) in [7, 11) is 0. The minimum atomic E-state index is -0.617. The minimum Gasteiger partial charge on any atom is -0.324 e. The Kier molecular flexibility index (Phi) is 4.84. The van der Waals surface area contributed by atoms with Gasteiger partial charge in [-0.25, -0.2) is 4.39 Å². The van der Waals surface area contributed by atoms with Gasteiger partial charge in [-0.05, 0) is 48.0 Å². The molecule has 0 aromatic heterocycles. The van der Waals surface area contributed by atoms with Crippen LogP contribution in [0.25, 0.3) is 0 Å². The summed E-state index contributed by atoms with van der Waals surface area (Å²) in [6.45, 7) is -0.155. The Morgan fingerprint density at radius 3 is 2.46 bits per heavy atom. The van der Waals surface area contributed by atoms with Gasteiger partial charge in [0.15, 0.2) is 0 Å². The second-order valence-electron chi connectivity index (χ2n) is 6.53. The molecule has 0 spiro atoms. The predicted octanol–water partition coefficient (Wildman–Crippen LogP) is 4.66. The van der Waals surface area contributed by atoms with E-state index < -0.39 is 11.9 Å².